The first-order valence-corrected chi connectivity index (χ1v) is 3.76. The minimum atomic E-state index is -0.625. The fraction of sp³-hybridized carbons (Fsp3) is 0.857. The van der Waals surface area contributed by atoms with Gasteiger partial charge in [0.05, 0.1) is 0 Å². The summed E-state index contributed by atoms with van der Waals surface area (Å²) in [5.74, 6) is -0.169. The maximum Gasteiger partial charge on any atom is 0.321 e. The maximum absolute atomic E-state index is 10.6. The maximum atomic E-state index is 10.6. The highest BCUT2D eigenvalue weighted by molar-refractivity contribution is 5.74. The van der Waals surface area contributed by atoms with E-state index in [9.17, 15) is 4.79 Å². The van der Waals surface area contributed by atoms with Gasteiger partial charge in [0.15, 0.2) is 0 Å². The number of aliphatic carboxylic acids is 1. The molecular formula is C7H11NO2. The van der Waals surface area contributed by atoms with Crippen LogP contribution in [0.3, 0.4) is 0 Å². The van der Waals surface area contributed by atoms with Gasteiger partial charge in [-0.3, -0.25) is 9.69 Å². The van der Waals surface area contributed by atoms with E-state index in [1.165, 1.54) is 0 Å². The molecule has 0 aromatic rings. The fourth-order valence-electron chi connectivity index (χ4n) is 2.17. The van der Waals surface area contributed by atoms with Crippen LogP contribution in [0, 0.1) is 5.92 Å². The van der Waals surface area contributed by atoms with E-state index in [1.54, 1.807) is 0 Å². The Hall–Kier alpha value is -0.570. The minimum Gasteiger partial charge on any atom is -0.480 e. The van der Waals surface area contributed by atoms with Crippen LogP contribution in [0.2, 0.25) is 0 Å². The van der Waals surface area contributed by atoms with Crippen LogP contribution in [0.25, 0.3) is 0 Å². The number of carboxylic acids is 1. The van der Waals surface area contributed by atoms with Crippen molar-refractivity contribution in [2.45, 2.75) is 18.9 Å². The summed E-state index contributed by atoms with van der Waals surface area (Å²) in [7, 11) is 0. The number of hydrogen-bond acceptors (Lipinski definition) is 2. The molecule has 0 aliphatic carbocycles. The summed E-state index contributed by atoms with van der Waals surface area (Å²) >= 11 is 0. The van der Waals surface area contributed by atoms with Gasteiger partial charge >= 0.3 is 5.97 Å². The number of nitrogens with zero attached hydrogens (tertiary/aromatic N) is 1. The lowest BCUT2D eigenvalue weighted by molar-refractivity contribution is -0.141. The van der Waals surface area contributed by atoms with E-state index in [-0.39, 0.29) is 6.04 Å². The van der Waals surface area contributed by atoms with E-state index < -0.39 is 5.97 Å². The van der Waals surface area contributed by atoms with Gasteiger partial charge in [-0.15, -0.1) is 0 Å². The van der Waals surface area contributed by atoms with E-state index >= 15 is 0 Å². The summed E-state index contributed by atoms with van der Waals surface area (Å²) < 4.78 is 0. The van der Waals surface area contributed by atoms with Crippen molar-refractivity contribution in [3.63, 3.8) is 0 Å². The largest absolute Gasteiger partial charge is 0.480 e. The molecule has 3 heteroatoms. The molecule has 56 valence electrons. The number of fused-ring (bicyclic) bond motifs is 2. The lowest BCUT2D eigenvalue weighted by Crippen LogP contribution is -2.33. The Labute approximate surface area is 59.6 Å². The molecule has 10 heavy (non-hydrogen) atoms. The summed E-state index contributed by atoms with van der Waals surface area (Å²) in [6, 6.07) is -0.139. The van der Waals surface area contributed by atoms with Gasteiger partial charge < -0.3 is 5.11 Å². The second-order valence-electron chi connectivity index (χ2n) is 3.16. The van der Waals surface area contributed by atoms with Crippen LogP contribution in [-0.2, 0) is 4.79 Å². The molecule has 0 saturated carbocycles. The van der Waals surface area contributed by atoms with Crippen LogP contribution in [-0.4, -0.2) is 35.1 Å². The molecule has 1 atom stereocenters. The second-order valence-corrected chi connectivity index (χ2v) is 3.16. The van der Waals surface area contributed by atoms with Crippen molar-refractivity contribution in [2.24, 2.45) is 5.92 Å². The predicted octanol–water partition coefficient (Wildman–Crippen LogP) is 0.165. The molecule has 2 rings (SSSR count). The molecule has 0 aromatic heterocycles. The van der Waals surface area contributed by atoms with Crippen LogP contribution in [0.4, 0.5) is 0 Å². The third-order valence-corrected chi connectivity index (χ3v) is 2.67. The quantitative estimate of drug-likeness (QED) is 0.565. The van der Waals surface area contributed by atoms with Crippen molar-refractivity contribution in [3.05, 3.63) is 0 Å². The molecule has 3 nitrogen and oxygen atoms in total. The van der Waals surface area contributed by atoms with Crippen molar-refractivity contribution in [3.8, 4) is 0 Å². The Morgan fingerprint density at radius 1 is 1.40 bits per heavy atom. The first-order chi connectivity index (χ1) is 4.79. The van der Waals surface area contributed by atoms with Crippen molar-refractivity contribution < 1.29 is 9.90 Å². The summed E-state index contributed by atoms with van der Waals surface area (Å²) in [6.07, 6.45) is 2.19. The fourth-order valence-corrected chi connectivity index (χ4v) is 2.17. The van der Waals surface area contributed by atoms with Gasteiger partial charge in [0.25, 0.3) is 0 Å². The average molecular weight is 141 g/mol. The zero-order valence-corrected chi connectivity index (χ0v) is 5.79. The Morgan fingerprint density at radius 3 is 2.20 bits per heavy atom. The van der Waals surface area contributed by atoms with Crippen molar-refractivity contribution in [2.75, 3.05) is 13.1 Å². The first kappa shape index (κ1) is 6.16. The molecule has 2 aliphatic heterocycles. The van der Waals surface area contributed by atoms with Gasteiger partial charge in [-0.1, -0.05) is 0 Å². The van der Waals surface area contributed by atoms with E-state index in [0.717, 1.165) is 25.9 Å². The van der Waals surface area contributed by atoms with Gasteiger partial charge in [-0.05, 0) is 31.8 Å². The van der Waals surface area contributed by atoms with Gasteiger partial charge in [0.1, 0.15) is 6.04 Å². The van der Waals surface area contributed by atoms with E-state index in [1.807, 2.05) is 0 Å². The molecule has 2 saturated heterocycles. The van der Waals surface area contributed by atoms with Crippen LogP contribution in [0.5, 0.6) is 0 Å². The lowest BCUT2D eigenvalue weighted by Gasteiger charge is -2.13. The molecule has 2 heterocycles. The second kappa shape index (κ2) is 1.95. The standard InChI is InChI=1S/C7H11NO2/c9-7(10)6-5-1-3-8(6)4-2-5/h5-6H,1-4H2,(H,9,10)/t6-/m1/s1. The van der Waals surface area contributed by atoms with Gasteiger partial charge in [-0.2, -0.15) is 0 Å². The monoisotopic (exact) mass is 141 g/mol. The number of hydrogen-bond donors (Lipinski definition) is 1. The lowest BCUT2D eigenvalue weighted by atomic mass is 10.00. The van der Waals surface area contributed by atoms with Crippen molar-refractivity contribution >= 4 is 5.97 Å². The zero-order valence-electron chi connectivity index (χ0n) is 5.79. The average Bonchev–Trinajstić information content (AvgIpc) is 2.43. The highest BCUT2D eigenvalue weighted by Gasteiger charge is 2.43. The molecule has 2 bridgehead atoms. The predicted molar refractivity (Wildman–Crippen MR) is 35.7 cm³/mol. The Bertz CT molecular complexity index is 149. The molecule has 0 spiro atoms. The van der Waals surface area contributed by atoms with Gasteiger partial charge in [0.2, 0.25) is 0 Å². The molecule has 0 aromatic carbocycles. The topological polar surface area (TPSA) is 40.5 Å². The van der Waals surface area contributed by atoms with Crippen LogP contribution in [0.1, 0.15) is 12.8 Å². The number of carboxylic acid groups (broad SMARTS) is 1. The van der Waals surface area contributed by atoms with Crippen LogP contribution >= 0.6 is 0 Å². The minimum absolute atomic E-state index is 0.139. The van der Waals surface area contributed by atoms with E-state index in [4.69, 9.17) is 5.11 Å². The van der Waals surface area contributed by atoms with Gasteiger partial charge in [-0.25, -0.2) is 0 Å². The third kappa shape index (κ3) is 0.669. The zero-order chi connectivity index (χ0) is 7.14. The van der Waals surface area contributed by atoms with Crippen LogP contribution in [0.15, 0.2) is 0 Å². The van der Waals surface area contributed by atoms with Gasteiger partial charge in [0, 0.05) is 0 Å². The highest BCUT2D eigenvalue weighted by atomic mass is 16.4. The number of piperidine rings is 1. The van der Waals surface area contributed by atoms with Crippen molar-refractivity contribution in [1.29, 1.82) is 0 Å². The number of carbonyl (C=O) groups is 1. The SMILES string of the molecule is O=C(O)[C@H]1C2CCN1CC2. The Kier molecular flexibility index (Phi) is 1.20. The molecule has 1 N–H and O–H groups in total. The Morgan fingerprint density at radius 2 is 2.00 bits per heavy atom. The molecule has 0 radical (unpaired) electrons. The highest BCUT2D eigenvalue weighted by Crippen LogP contribution is 2.34. The third-order valence-electron chi connectivity index (χ3n) is 2.67. The summed E-state index contributed by atoms with van der Waals surface area (Å²) in [5, 5.41) is 8.75. The molecule has 0 unspecified atom stereocenters. The Balaban J connectivity index is 2.16. The molecule has 2 aliphatic rings. The number of rotatable bonds is 1. The summed E-state index contributed by atoms with van der Waals surface area (Å²) in [4.78, 5) is 12.7. The molecular weight excluding hydrogens is 130 g/mol. The van der Waals surface area contributed by atoms with Crippen LogP contribution < -0.4 is 0 Å². The normalized spacial score (nSPS) is 44.2. The summed E-state index contributed by atoms with van der Waals surface area (Å²) in [6.45, 7) is 2.00. The van der Waals surface area contributed by atoms with E-state index in [2.05, 4.69) is 4.90 Å². The van der Waals surface area contributed by atoms with E-state index in [0.29, 0.717) is 5.92 Å². The molecule has 0 amide bonds. The molecule has 2 fully saturated rings. The first-order valence-electron chi connectivity index (χ1n) is 3.76. The smallest absolute Gasteiger partial charge is 0.321 e. The summed E-state index contributed by atoms with van der Waals surface area (Å²) in [5.41, 5.74) is 0. The van der Waals surface area contributed by atoms with Crippen molar-refractivity contribution in [1.82, 2.24) is 4.90 Å².